The fourth-order valence-electron chi connectivity index (χ4n) is 3.14. The van der Waals surface area contributed by atoms with Crippen molar-refractivity contribution in [1.82, 2.24) is 4.57 Å². The van der Waals surface area contributed by atoms with Crippen molar-refractivity contribution in [3.8, 4) is 5.69 Å². The largest absolute Gasteiger partial charge is 0.465 e. The number of nitrogens with zero attached hydrogens (tertiary/aromatic N) is 2. The summed E-state index contributed by atoms with van der Waals surface area (Å²) in [4.78, 5) is 16.4. The highest BCUT2D eigenvalue weighted by atomic mass is 19.1. The molecule has 0 fully saturated rings. The van der Waals surface area contributed by atoms with E-state index in [2.05, 4.69) is 9.56 Å². The van der Waals surface area contributed by atoms with E-state index >= 15 is 0 Å². The Morgan fingerprint density at radius 2 is 1.81 bits per heavy atom. The van der Waals surface area contributed by atoms with E-state index in [0.717, 1.165) is 28.2 Å². The Balaban J connectivity index is 1.97. The predicted octanol–water partition coefficient (Wildman–Crippen LogP) is 5.08. The van der Waals surface area contributed by atoms with Crippen LogP contribution in [0.25, 0.3) is 5.69 Å². The van der Waals surface area contributed by atoms with E-state index in [9.17, 15) is 9.18 Å². The number of halogens is 1. The molecule has 2 aromatic carbocycles. The van der Waals surface area contributed by atoms with Crippen molar-refractivity contribution in [2.45, 2.75) is 20.8 Å². The van der Waals surface area contributed by atoms with E-state index in [0.29, 0.717) is 11.3 Å². The third kappa shape index (κ3) is 3.67. The molecule has 0 N–H and O–H groups in total. The van der Waals surface area contributed by atoms with Gasteiger partial charge in [0.15, 0.2) is 0 Å². The lowest BCUT2D eigenvalue weighted by atomic mass is 10.1. The summed E-state index contributed by atoms with van der Waals surface area (Å²) in [6, 6.07) is 13.8. The van der Waals surface area contributed by atoms with Crippen molar-refractivity contribution < 1.29 is 13.9 Å². The first-order valence-electron chi connectivity index (χ1n) is 8.59. The Labute approximate surface area is 157 Å². The third-order valence-corrected chi connectivity index (χ3v) is 4.61. The Kier molecular flexibility index (Phi) is 5.21. The van der Waals surface area contributed by atoms with Crippen LogP contribution >= 0.6 is 0 Å². The molecule has 3 rings (SSSR count). The van der Waals surface area contributed by atoms with Gasteiger partial charge in [-0.2, -0.15) is 0 Å². The van der Waals surface area contributed by atoms with Gasteiger partial charge in [0.1, 0.15) is 5.82 Å². The summed E-state index contributed by atoms with van der Waals surface area (Å²) in [7, 11) is 1.36. The molecule has 0 unspecified atom stereocenters. The van der Waals surface area contributed by atoms with Gasteiger partial charge in [0, 0.05) is 28.9 Å². The van der Waals surface area contributed by atoms with Gasteiger partial charge < -0.3 is 9.30 Å². The third-order valence-electron chi connectivity index (χ3n) is 4.61. The zero-order valence-corrected chi connectivity index (χ0v) is 15.8. The summed E-state index contributed by atoms with van der Waals surface area (Å²) in [5.41, 5.74) is 5.88. The van der Waals surface area contributed by atoms with Crippen LogP contribution in [0.5, 0.6) is 0 Å². The Bertz CT molecular complexity index is 1020. The van der Waals surface area contributed by atoms with Gasteiger partial charge >= 0.3 is 5.97 Å². The van der Waals surface area contributed by atoms with Crippen LogP contribution in [0.15, 0.2) is 53.5 Å². The zero-order chi connectivity index (χ0) is 19.6. The molecule has 0 atom stereocenters. The van der Waals surface area contributed by atoms with Gasteiger partial charge in [-0.25, -0.2) is 9.18 Å². The first-order chi connectivity index (χ1) is 12.9. The van der Waals surface area contributed by atoms with E-state index in [1.165, 1.54) is 19.2 Å². The summed E-state index contributed by atoms with van der Waals surface area (Å²) < 4.78 is 20.1. The molecule has 0 aliphatic carbocycles. The van der Waals surface area contributed by atoms with Crippen LogP contribution in [0.1, 0.15) is 32.9 Å². The number of ether oxygens (including phenoxy) is 1. The normalized spacial score (nSPS) is 11.1. The Hall–Kier alpha value is -3.21. The molecule has 0 radical (unpaired) electrons. The van der Waals surface area contributed by atoms with E-state index in [1.54, 1.807) is 30.5 Å². The standard InChI is InChI=1S/C22H21FN2O2/c1-14-12-17(16(3)25(14)19-10-8-18(23)9-11-19)13-24-21-7-5-6-20(15(21)2)22(26)27-4/h5-13H,1-4H3. The second kappa shape index (κ2) is 7.58. The van der Waals surface area contributed by atoms with Gasteiger partial charge in [0.2, 0.25) is 0 Å². The van der Waals surface area contributed by atoms with Crippen LogP contribution in [-0.4, -0.2) is 23.9 Å². The molecule has 138 valence electrons. The highest BCUT2D eigenvalue weighted by Gasteiger charge is 2.12. The van der Waals surface area contributed by atoms with Crippen LogP contribution in [0, 0.1) is 26.6 Å². The number of methoxy groups -OCH3 is 1. The van der Waals surface area contributed by atoms with E-state index in [4.69, 9.17) is 4.74 Å². The number of hydrogen-bond donors (Lipinski definition) is 0. The summed E-state index contributed by atoms with van der Waals surface area (Å²) in [6.07, 6.45) is 1.78. The molecule has 0 saturated carbocycles. The summed E-state index contributed by atoms with van der Waals surface area (Å²) in [6.45, 7) is 5.84. The molecule has 3 aromatic rings. The van der Waals surface area contributed by atoms with Gasteiger partial charge in [-0.1, -0.05) is 6.07 Å². The number of aromatic nitrogens is 1. The maximum atomic E-state index is 13.2. The highest BCUT2D eigenvalue weighted by Crippen LogP contribution is 2.24. The van der Waals surface area contributed by atoms with E-state index in [-0.39, 0.29) is 11.8 Å². The molecule has 4 nitrogen and oxygen atoms in total. The van der Waals surface area contributed by atoms with Crippen molar-refractivity contribution in [1.29, 1.82) is 0 Å². The molecular weight excluding hydrogens is 343 g/mol. The average molecular weight is 364 g/mol. The van der Waals surface area contributed by atoms with Crippen molar-refractivity contribution in [3.05, 3.63) is 82.4 Å². The molecule has 0 spiro atoms. The minimum absolute atomic E-state index is 0.260. The van der Waals surface area contributed by atoms with Crippen LogP contribution in [-0.2, 0) is 4.74 Å². The van der Waals surface area contributed by atoms with Crippen molar-refractivity contribution in [2.24, 2.45) is 4.99 Å². The van der Waals surface area contributed by atoms with Crippen LogP contribution < -0.4 is 0 Å². The highest BCUT2D eigenvalue weighted by molar-refractivity contribution is 5.93. The van der Waals surface area contributed by atoms with Crippen molar-refractivity contribution >= 4 is 17.9 Å². The lowest BCUT2D eigenvalue weighted by Crippen LogP contribution is -2.03. The fourth-order valence-corrected chi connectivity index (χ4v) is 3.14. The van der Waals surface area contributed by atoms with Crippen LogP contribution in [0.2, 0.25) is 0 Å². The molecule has 0 aliphatic heterocycles. The van der Waals surface area contributed by atoms with Gasteiger partial charge in [-0.15, -0.1) is 0 Å². The molecule has 1 aromatic heterocycles. The number of aliphatic imine (C=N–C) groups is 1. The predicted molar refractivity (Wildman–Crippen MR) is 105 cm³/mol. The fraction of sp³-hybridized carbons (Fsp3) is 0.182. The van der Waals surface area contributed by atoms with Crippen molar-refractivity contribution in [2.75, 3.05) is 7.11 Å². The molecular formula is C22H21FN2O2. The maximum absolute atomic E-state index is 13.2. The number of carbonyl (C=O) groups excluding carboxylic acids is 1. The quantitative estimate of drug-likeness (QED) is 0.479. The van der Waals surface area contributed by atoms with E-state index in [1.807, 2.05) is 32.9 Å². The number of esters is 1. The van der Waals surface area contributed by atoms with Crippen molar-refractivity contribution in [3.63, 3.8) is 0 Å². The Morgan fingerprint density at radius 1 is 1.11 bits per heavy atom. The maximum Gasteiger partial charge on any atom is 0.338 e. The minimum atomic E-state index is -0.376. The molecule has 5 heteroatoms. The summed E-state index contributed by atoms with van der Waals surface area (Å²) >= 11 is 0. The average Bonchev–Trinajstić information content (AvgIpc) is 2.94. The Morgan fingerprint density at radius 3 is 2.48 bits per heavy atom. The van der Waals surface area contributed by atoms with Gasteiger partial charge in [-0.3, -0.25) is 4.99 Å². The SMILES string of the molecule is COC(=O)c1cccc(N=Cc2cc(C)n(-c3ccc(F)cc3)c2C)c1C. The monoisotopic (exact) mass is 364 g/mol. The summed E-state index contributed by atoms with van der Waals surface area (Å²) in [5.74, 6) is -0.636. The second-order valence-corrected chi connectivity index (χ2v) is 6.34. The second-order valence-electron chi connectivity index (χ2n) is 6.34. The molecule has 27 heavy (non-hydrogen) atoms. The van der Waals surface area contributed by atoms with Crippen LogP contribution in [0.4, 0.5) is 10.1 Å². The number of benzene rings is 2. The lowest BCUT2D eigenvalue weighted by Gasteiger charge is -2.09. The van der Waals surface area contributed by atoms with Crippen LogP contribution in [0.3, 0.4) is 0 Å². The molecule has 1 heterocycles. The first kappa shape index (κ1) is 18.6. The number of hydrogen-bond acceptors (Lipinski definition) is 3. The topological polar surface area (TPSA) is 43.6 Å². The zero-order valence-electron chi connectivity index (χ0n) is 15.8. The van der Waals surface area contributed by atoms with Gasteiger partial charge in [-0.05, 0) is 68.8 Å². The molecule has 0 bridgehead atoms. The number of carbonyl (C=O) groups is 1. The number of aryl methyl sites for hydroxylation is 1. The summed E-state index contributed by atoms with van der Waals surface area (Å²) in [5, 5.41) is 0. The lowest BCUT2D eigenvalue weighted by molar-refractivity contribution is 0.0600. The smallest absolute Gasteiger partial charge is 0.338 e. The van der Waals surface area contributed by atoms with E-state index < -0.39 is 0 Å². The van der Waals surface area contributed by atoms with Gasteiger partial charge in [0.25, 0.3) is 0 Å². The minimum Gasteiger partial charge on any atom is -0.465 e. The molecule has 0 saturated heterocycles. The number of rotatable bonds is 4. The van der Waals surface area contributed by atoms with Gasteiger partial charge in [0.05, 0.1) is 18.4 Å². The first-order valence-corrected chi connectivity index (χ1v) is 8.59. The molecule has 0 aliphatic rings. The molecule has 0 amide bonds.